The second-order valence-electron chi connectivity index (χ2n) is 3.39. The fourth-order valence-corrected chi connectivity index (χ4v) is 1.54. The monoisotopic (exact) mass is 220 g/mol. The van der Waals surface area contributed by atoms with E-state index < -0.39 is 6.29 Å². The highest BCUT2D eigenvalue weighted by Crippen LogP contribution is 2.28. The molecule has 0 saturated carbocycles. The number of Topliss-reactive ketones (excluding diaryl/α,β-unsaturated/α-hetero) is 1. The van der Waals surface area contributed by atoms with Crippen LogP contribution < -0.4 is 4.74 Å². The molecule has 0 bridgehead atoms. The first-order chi connectivity index (χ1) is 7.72. The molecule has 4 nitrogen and oxygen atoms in total. The summed E-state index contributed by atoms with van der Waals surface area (Å²) in [5, 5.41) is 0. The minimum atomic E-state index is -0.469. The lowest BCUT2D eigenvalue weighted by molar-refractivity contribution is -0.0246. The van der Waals surface area contributed by atoms with Crippen molar-refractivity contribution in [2.45, 2.75) is 13.2 Å². The lowest BCUT2D eigenvalue weighted by Gasteiger charge is -2.13. The first-order valence-electron chi connectivity index (χ1n) is 4.87. The minimum Gasteiger partial charge on any atom is -0.496 e. The maximum Gasteiger partial charge on any atom is 0.266 e. The smallest absolute Gasteiger partial charge is 0.266 e. The van der Waals surface area contributed by atoms with Crippen LogP contribution in [0.1, 0.15) is 29.1 Å². The van der Waals surface area contributed by atoms with E-state index in [4.69, 9.17) is 14.2 Å². The molecule has 1 heterocycles. The Hall–Kier alpha value is -1.97. The van der Waals surface area contributed by atoms with Crippen molar-refractivity contribution >= 4 is 5.78 Å². The van der Waals surface area contributed by atoms with Gasteiger partial charge in [-0.05, 0) is 25.1 Å². The highest BCUT2D eigenvalue weighted by atomic mass is 16.7. The Labute approximate surface area is 93.4 Å². The van der Waals surface area contributed by atoms with Crippen LogP contribution >= 0.6 is 0 Å². The second-order valence-corrected chi connectivity index (χ2v) is 3.39. The molecule has 0 radical (unpaired) electrons. The van der Waals surface area contributed by atoms with E-state index in [1.165, 1.54) is 26.6 Å². The highest BCUT2D eigenvalue weighted by molar-refractivity contribution is 5.97. The predicted octanol–water partition coefficient (Wildman–Crippen LogP) is 2.41. The molecule has 0 amide bonds. The van der Waals surface area contributed by atoms with E-state index in [0.29, 0.717) is 11.3 Å². The van der Waals surface area contributed by atoms with Crippen LogP contribution in [-0.2, 0) is 9.47 Å². The normalized spacial score (nSPS) is 14.4. The standard InChI is InChI=1S/C12H12O4/c1-8(13)10-7-9(3-4-11(10)14-2)12-15-5-6-16-12/h3-7,12H,1-2H3. The average molecular weight is 220 g/mol. The highest BCUT2D eigenvalue weighted by Gasteiger charge is 2.18. The van der Waals surface area contributed by atoms with Crippen molar-refractivity contribution in [1.82, 2.24) is 0 Å². The van der Waals surface area contributed by atoms with E-state index in [2.05, 4.69) is 0 Å². The molecular weight excluding hydrogens is 208 g/mol. The zero-order chi connectivity index (χ0) is 11.5. The number of benzene rings is 1. The molecule has 1 aromatic carbocycles. The molecule has 0 aromatic heterocycles. The molecule has 2 rings (SSSR count). The number of methoxy groups -OCH3 is 1. The number of hydrogen-bond acceptors (Lipinski definition) is 4. The summed E-state index contributed by atoms with van der Waals surface area (Å²) in [6.07, 6.45) is 2.48. The van der Waals surface area contributed by atoms with Crippen LogP contribution in [0.4, 0.5) is 0 Å². The van der Waals surface area contributed by atoms with Gasteiger partial charge in [0.1, 0.15) is 18.3 Å². The third-order valence-corrected chi connectivity index (χ3v) is 2.33. The summed E-state index contributed by atoms with van der Waals surface area (Å²) in [5.74, 6) is 0.506. The summed E-state index contributed by atoms with van der Waals surface area (Å²) in [5.41, 5.74) is 1.31. The molecule has 0 saturated heterocycles. The van der Waals surface area contributed by atoms with Crippen LogP contribution in [0.25, 0.3) is 0 Å². The summed E-state index contributed by atoms with van der Waals surface area (Å²) in [6.45, 7) is 1.50. The van der Waals surface area contributed by atoms with Crippen molar-refractivity contribution in [2.75, 3.05) is 7.11 Å². The summed E-state index contributed by atoms with van der Waals surface area (Å²) in [6, 6.07) is 5.26. The average Bonchev–Trinajstić information content (AvgIpc) is 2.81. The zero-order valence-electron chi connectivity index (χ0n) is 9.10. The van der Waals surface area contributed by atoms with Gasteiger partial charge in [0.2, 0.25) is 0 Å². The van der Waals surface area contributed by atoms with Crippen molar-refractivity contribution in [3.8, 4) is 5.75 Å². The summed E-state index contributed by atoms with van der Waals surface area (Å²) in [4.78, 5) is 11.4. The van der Waals surface area contributed by atoms with Crippen LogP contribution in [0.5, 0.6) is 5.75 Å². The number of rotatable bonds is 3. The number of carbonyl (C=O) groups excluding carboxylic acids is 1. The number of hydrogen-bond donors (Lipinski definition) is 0. The SMILES string of the molecule is COc1ccc(C2OC=CO2)cc1C(C)=O. The van der Waals surface area contributed by atoms with Gasteiger partial charge in [0.15, 0.2) is 5.78 Å². The van der Waals surface area contributed by atoms with Crippen molar-refractivity contribution < 1.29 is 19.0 Å². The van der Waals surface area contributed by atoms with Crippen LogP contribution in [0.3, 0.4) is 0 Å². The van der Waals surface area contributed by atoms with Gasteiger partial charge in [0.05, 0.1) is 12.7 Å². The van der Waals surface area contributed by atoms with Crippen LogP contribution in [0.15, 0.2) is 30.7 Å². The van der Waals surface area contributed by atoms with E-state index in [9.17, 15) is 4.79 Å². The van der Waals surface area contributed by atoms with Gasteiger partial charge >= 0.3 is 0 Å². The summed E-state index contributed by atoms with van der Waals surface area (Å²) >= 11 is 0. The van der Waals surface area contributed by atoms with Gasteiger partial charge in [0.25, 0.3) is 6.29 Å². The van der Waals surface area contributed by atoms with Crippen LogP contribution in [-0.4, -0.2) is 12.9 Å². The Balaban J connectivity index is 2.34. The Morgan fingerprint density at radius 3 is 2.56 bits per heavy atom. The van der Waals surface area contributed by atoms with Gasteiger partial charge < -0.3 is 14.2 Å². The van der Waals surface area contributed by atoms with E-state index in [1.54, 1.807) is 12.1 Å². The Morgan fingerprint density at radius 2 is 2.00 bits per heavy atom. The maximum absolute atomic E-state index is 11.4. The van der Waals surface area contributed by atoms with Gasteiger partial charge in [-0.3, -0.25) is 4.79 Å². The first-order valence-corrected chi connectivity index (χ1v) is 4.87. The molecule has 0 unspecified atom stereocenters. The van der Waals surface area contributed by atoms with Gasteiger partial charge in [-0.15, -0.1) is 0 Å². The third-order valence-electron chi connectivity index (χ3n) is 2.33. The Morgan fingerprint density at radius 1 is 1.31 bits per heavy atom. The molecule has 1 aromatic rings. The predicted molar refractivity (Wildman–Crippen MR) is 57.0 cm³/mol. The maximum atomic E-state index is 11.4. The van der Waals surface area contributed by atoms with Crippen LogP contribution in [0, 0.1) is 0 Å². The van der Waals surface area contributed by atoms with Crippen molar-refractivity contribution in [3.05, 3.63) is 41.9 Å². The summed E-state index contributed by atoms with van der Waals surface area (Å²) < 4.78 is 15.5. The van der Waals surface area contributed by atoms with Crippen molar-refractivity contribution in [1.29, 1.82) is 0 Å². The number of carbonyl (C=O) groups is 1. The minimum absolute atomic E-state index is 0.0512. The molecular formula is C12H12O4. The third kappa shape index (κ3) is 1.86. The fraction of sp³-hybridized carbons (Fsp3) is 0.250. The molecule has 16 heavy (non-hydrogen) atoms. The fourth-order valence-electron chi connectivity index (χ4n) is 1.54. The molecule has 1 aliphatic heterocycles. The quantitative estimate of drug-likeness (QED) is 0.734. The lowest BCUT2D eigenvalue weighted by atomic mass is 10.1. The number of ketones is 1. The molecule has 1 aliphatic rings. The van der Waals surface area contributed by atoms with Gasteiger partial charge in [-0.25, -0.2) is 0 Å². The molecule has 0 atom stereocenters. The van der Waals surface area contributed by atoms with Gasteiger partial charge in [-0.2, -0.15) is 0 Å². The van der Waals surface area contributed by atoms with E-state index >= 15 is 0 Å². The molecule has 0 aliphatic carbocycles. The zero-order valence-corrected chi connectivity index (χ0v) is 9.10. The first kappa shape index (κ1) is 10.5. The van der Waals surface area contributed by atoms with Crippen molar-refractivity contribution in [3.63, 3.8) is 0 Å². The lowest BCUT2D eigenvalue weighted by Crippen LogP contribution is -2.03. The molecule has 0 N–H and O–H groups in total. The van der Waals surface area contributed by atoms with Gasteiger partial charge in [-0.1, -0.05) is 0 Å². The van der Waals surface area contributed by atoms with E-state index in [-0.39, 0.29) is 5.78 Å². The Kier molecular flexibility index (Phi) is 2.81. The largest absolute Gasteiger partial charge is 0.496 e. The summed E-state index contributed by atoms with van der Waals surface area (Å²) in [7, 11) is 1.53. The molecule has 84 valence electrons. The van der Waals surface area contributed by atoms with E-state index in [1.807, 2.05) is 6.07 Å². The Bertz CT molecular complexity index is 429. The number of ether oxygens (including phenoxy) is 3. The van der Waals surface area contributed by atoms with Crippen molar-refractivity contribution in [2.24, 2.45) is 0 Å². The van der Waals surface area contributed by atoms with Crippen LogP contribution in [0.2, 0.25) is 0 Å². The molecule has 0 fully saturated rings. The van der Waals surface area contributed by atoms with E-state index in [0.717, 1.165) is 5.56 Å². The van der Waals surface area contributed by atoms with Gasteiger partial charge in [0, 0.05) is 5.56 Å². The second kappa shape index (κ2) is 4.26. The topological polar surface area (TPSA) is 44.8 Å². The molecule has 0 spiro atoms. The molecule has 4 heteroatoms.